The van der Waals surface area contributed by atoms with Crippen molar-refractivity contribution in [1.82, 2.24) is 9.13 Å². The Labute approximate surface area is 296 Å². The van der Waals surface area contributed by atoms with Crippen LogP contribution in [0.4, 0.5) is 0 Å². The summed E-state index contributed by atoms with van der Waals surface area (Å²) in [5.74, 6) is 0. The van der Waals surface area contributed by atoms with Gasteiger partial charge in [0, 0.05) is 32.9 Å². The molecule has 1 aliphatic carbocycles. The van der Waals surface area contributed by atoms with Crippen LogP contribution in [0.25, 0.3) is 88.4 Å². The monoisotopic (exact) mass is 648 g/mol. The molecule has 2 heterocycles. The van der Waals surface area contributed by atoms with Gasteiger partial charge in [-0.25, -0.2) is 0 Å². The van der Waals surface area contributed by atoms with E-state index in [2.05, 4.69) is 191 Å². The molecule has 0 saturated heterocycles. The van der Waals surface area contributed by atoms with E-state index in [1.807, 2.05) is 0 Å². The third kappa shape index (κ3) is 4.30. The molecule has 2 heteroatoms. The predicted molar refractivity (Wildman–Crippen MR) is 214 cm³/mol. The Hall–Kier alpha value is -6.64. The Bertz CT molecular complexity index is 2990. The Morgan fingerprint density at radius 1 is 0.294 bits per heavy atom. The molecule has 0 unspecified atom stereocenters. The average Bonchev–Trinajstić information content (AvgIpc) is 3.85. The minimum atomic E-state index is 1.01. The molecule has 1 aliphatic rings. The molecule has 238 valence electrons. The minimum absolute atomic E-state index is 1.01. The molecular weight excluding hydrogens is 617 g/mol. The van der Waals surface area contributed by atoms with Crippen molar-refractivity contribution in [1.29, 1.82) is 0 Å². The second-order valence-electron chi connectivity index (χ2n) is 13.8. The molecule has 8 aromatic carbocycles. The lowest BCUT2D eigenvalue weighted by molar-refractivity contribution is 1.18. The zero-order valence-electron chi connectivity index (χ0n) is 27.9. The zero-order chi connectivity index (χ0) is 33.5. The van der Waals surface area contributed by atoms with Gasteiger partial charge in [0.2, 0.25) is 0 Å². The van der Waals surface area contributed by atoms with Crippen molar-refractivity contribution in [3.8, 4) is 44.8 Å². The smallest absolute Gasteiger partial charge is 0.0541 e. The highest BCUT2D eigenvalue weighted by Gasteiger charge is 2.19. The summed E-state index contributed by atoms with van der Waals surface area (Å²) in [6, 6.07) is 66.9. The number of rotatable bonds is 4. The first-order valence-electron chi connectivity index (χ1n) is 17.7. The Kier molecular flexibility index (Phi) is 6.05. The molecule has 0 aliphatic heterocycles. The highest BCUT2D eigenvalue weighted by molar-refractivity contribution is 6.12. The number of para-hydroxylation sites is 3. The van der Waals surface area contributed by atoms with Crippen LogP contribution in [0.15, 0.2) is 182 Å². The number of hydrogen-bond donors (Lipinski definition) is 0. The second-order valence-corrected chi connectivity index (χ2v) is 13.8. The summed E-state index contributed by atoms with van der Waals surface area (Å²) in [5, 5.41) is 5.05. The molecule has 2 aromatic heterocycles. The van der Waals surface area contributed by atoms with Crippen LogP contribution in [0.2, 0.25) is 0 Å². The van der Waals surface area contributed by atoms with E-state index >= 15 is 0 Å². The first-order chi connectivity index (χ1) is 25.3. The molecule has 2 nitrogen and oxygen atoms in total. The van der Waals surface area contributed by atoms with Gasteiger partial charge < -0.3 is 9.13 Å². The van der Waals surface area contributed by atoms with E-state index in [9.17, 15) is 0 Å². The zero-order valence-corrected chi connectivity index (χ0v) is 27.9. The summed E-state index contributed by atoms with van der Waals surface area (Å²) in [5.41, 5.74) is 17.7. The molecule has 11 rings (SSSR count). The van der Waals surface area contributed by atoms with Gasteiger partial charge in [0.05, 0.1) is 22.1 Å². The third-order valence-corrected chi connectivity index (χ3v) is 10.9. The fraction of sp³-hybridized carbons (Fsp3) is 0.0204. The first-order valence-corrected chi connectivity index (χ1v) is 17.7. The molecule has 10 aromatic rings. The van der Waals surface area contributed by atoms with Crippen molar-refractivity contribution in [3.05, 3.63) is 193 Å². The van der Waals surface area contributed by atoms with Crippen LogP contribution in [0.1, 0.15) is 11.1 Å². The normalized spacial score (nSPS) is 12.2. The number of hydrogen-bond acceptors (Lipinski definition) is 0. The van der Waals surface area contributed by atoms with Gasteiger partial charge in [-0.2, -0.15) is 0 Å². The van der Waals surface area contributed by atoms with Gasteiger partial charge in [-0.3, -0.25) is 0 Å². The molecule has 51 heavy (non-hydrogen) atoms. The molecule has 0 radical (unpaired) electrons. The molecule has 0 bridgehead atoms. The molecule has 0 saturated carbocycles. The summed E-state index contributed by atoms with van der Waals surface area (Å²) >= 11 is 0. The van der Waals surface area contributed by atoms with Crippen LogP contribution in [0.5, 0.6) is 0 Å². The van der Waals surface area contributed by atoms with Gasteiger partial charge in [-0.15, -0.1) is 0 Å². The minimum Gasteiger partial charge on any atom is -0.309 e. The molecule has 0 atom stereocenters. The van der Waals surface area contributed by atoms with Crippen molar-refractivity contribution >= 4 is 43.6 Å². The topological polar surface area (TPSA) is 9.86 Å². The van der Waals surface area contributed by atoms with E-state index in [0.717, 1.165) is 6.42 Å². The standard InChI is InChI=1S/C49H32N2/c1-2-13-38(14-3-1)50-46-19-8-6-17-41(46)44-30-34(23-25-48(44)50)35-24-26-49-45(31-35)42-18-7-9-20-47(42)51(49)39-15-10-12-32(28-39)33-21-22-37-27-36-11-4-5-16-40(36)43(37)29-33/h1-26,28-31H,27H2. The molecule has 0 amide bonds. The number of aromatic nitrogens is 2. The largest absolute Gasteiger partial charge is 0.309 e. The van der Waals surface area contributed by atoms with Crippen molar-refractivity contribution < 1.29 is 0 Å². The Morgan fingerprint density at radius 2 is 0.804 bits per heavy atom. The maximum absolute atomic E-state index is 2.43. The molecule has 0 fully saturated rings. The Balaban J connectivity index is 1.04. The van der Waals surface area contributed by atoms with Crippen molar-refractivity contribution in [3.63, 3.8) is 0 Å². The van der Waals surface area contributed by atoms with Gasteiger partial charge in [0.25, 0.3) is 0 Å². The van der Waals surface area contributed by atoms with Gasteiger partial charge in [0.15, 0.2) is 0 Å². The fourth-order valence-corrected chi connectivity index (χ4v) is 8.57. The number of fused-ring (bicyclic) bond motifs is 9. The van der Waals surface area contributed by atoms with Crippen LogP contribution in [-0.2, 0) is 6.42 Å². The highest BCUT2D eigenvalue weighted by Crippen LogP contribution is 2.41. The Morgan fingerprint density at radius 3 is 1.53 bits per heavy atom. The third-order valence-electron chi connectivity index (χ3n) is 10.9. The van der Waals surface area contributed by atoms with Crippen LogP contribution < -0.4 is 0 Å². The van der Waals surface area contributed by atoms with Crippen molar-refractivity contribution in [2.24, 2.45) is 0 Å². The van der Waals surface area contributed by atoms with E-state index in [1.54, 1.807) is 0 Å². The first kappa shape index (κ1) is 28.2. The summed E-state index contributed by atoms with van der Waals surface area (Å²) in [7, 11) is 0. The quantitative estimate of drug-likeness (QED) is 0.180. The van der Waals surface area contributed by atoms with Crippen LogP contribution in [-0.4, -0.2) is 9.13 Å². The fourth-order valence-electron chi connectivity index (χ4n) is 8.57. The van der Waals surface area contributed by atoms with Crippen LogP contribution >= 0.6 is 0 Å². The van der Waals surface area contributed by atoms with Gasteiger partial charge in [0.1, 0.15) is 0 Å². The van der Waals surface area contributed by atoms with Crippen molar-refractivity contribution in [2.75, 3.05) is 0 Å². The van der Waals surface area contributed by atoms with E-state index in [0.29, 0.717) is 0 Å². The number of benzene rings is 8. The van der Waals surface area contributed by atoms with E-state index in [4.69, 9.17) is 0 Å². The predicted octanol–water partition coefficient (Wildman–Crippen LogP) is 12.8. The molecule has 0 spiro atoms. The second kappa shape index (κ2) is 10.9. The lowest BCUT2D eigenvalue weighted by atomic mass is 9.98. The number of nitrogens with zero attached hydrogens (tertiary/aromatic N) is 2. The van der Waals surface area contributed by atoms with Crippen LogP contribution in [0, 0.1) is 0 Å². The van der Waals surface area contributed by atoms with Gasteiger partial charge in [-0.1, -0.05) is 115 Å². The van der Waals surface area contributed by atoms with Gasteiger partial charge in [-0.05, 0) is 118 Å². The lowest BCUT2D eigenvalue weighted by Gasteiger charge is -2.12. The maximum Gasteiger partial charge on any atom is 0.0541 e. The average molecular weight is 649 g/mol. The van der Waals surface area contributed by atoms with E-state index in [1.165, 1.54) is 99.5 Å². The van der Waals surface area contributed by atoms with Crippen molar-refractivity contribution in [2.45, 2.75) is 6.42 Å². The van der Waals surface area contributed by atoms with Gasteiger partial charge >= 0.3 is 0 Å². The van der Waals surface area contributed by atoms with Crippen LogP contribution in [0.3, 0.4) is 0 Å². The van der Waals surface area contributed by atoms with E-state index < -0.39 is 0 Å². The highest BCUT2D eigenvalue weighted by atomic mass is 15.0. The summed E-state index contributed by atoms with van der Waals surface area (Å²) in [4.78, 5) is 0. The lowest BCUT2D eigenvalue weighted by Crippen LogP contribution is -1.94. The summed E-state index contributed by atoms with van der Waals surface area (Å²) in [6.07, 6.45) is 1.01. The SMILES string of the molecule is c1ccc(-n2c3ccccc3c3cc(-c4ccc5c(c4)c4ccccc4n5-c4cccc(-c5ccc6c(c5)-c5ccccc5C6)c4)ccc32)cc1. The molecule has 0 N–H and O–H groups in total. The summed E-state index contributed by atoms with van der Waals surface area (Å²) in [6.45, 7) is 0. The molecular formula is C49H32N2. The maximum atomic E-state index is 2.43. The summed E-state index contributed by atoms with van der Waals surface area (Å²) < 4.78 is 4.80. The van der Waals surface area contributed by atoms with E-state index in [-0.39, 0.29) is 0 Å².